The fourth-order valence-electron chi connectivity index (χ4n) is 2.71. The van der Waals surface area contributed by atoms with E-state index in [-0.39, 0.29) is 11.7 Å². The molecule has 1 aromatic heterocycles. The Balaban J connectivity index is 2.03. The van der Waals surface area contributed by atoms with E-state index in [4.69, 9.17) is 4.52 Å². The van der Waals surface area contributed by atoms with E-state index in [2.05, 4.69) is 10.1 Å². The summed E-state index contributed by atoms with van der Waals surface area (Å²) in [6.07, 6.45) is 2.41. The molecule has 0 radical (unpaired) electrons. The van der Waals surface area contributed by atoms with E-state index >= 15 is 0 Å². The van der Waals surface area contributed by atoms with Gasteiger partial charge in [0.1, 0.15) is 0 Å². The van der Waals surface area contributed by atoms with Crippen LogP contribution < -0.4 is 0 Å². The van der Waals surface area contributed by atoms with Crippen molar-refractivity contribution in [2.24, 2.45) is 5.41 Å². The number of likely N-dealkylation sites (tertiary alicyclic amines) is 1. The maximum Gasteiger partial charge on any atom is 0.309 e. The molecule has 0 spiro atoms. The molecule has 0 saturated carbocycles. The van der Waals surface area contributed by atoms with Crippen LogP contribution in [-0.2, 0) is 4.79 Å². The molecular weight excluding hydrogens is 262 g/mol. The minimum absolute atomic E-state index is 0.0424. The first-order valence-corrected chi connectivity index (χ1v) is 6.81. The van der Waals surface area contributed by atoms with Crippen LogP contribution in [0.2, 0.25) is 0 Å². The van der Waals surface area contributed by atoms with E-state index in [9.17, 15) is 14.7 Å². The summed E-state index contributed by atoms with van der Waals surface area (Å²) in [6, 6.07) is 0. The summed E-state index contributed by atoms with van der Waals surface area (Å²) in [7, 11) is 0. The van der Waals surface area contributed by atoms with Crippen molar-refractivity contribution in [2.45, 2.75) is 39.5 Å². The summed E-state index contributed by atoms with van der Waals surface area (Å²) >= 11 is 0. The van der Waals surface area contributed by atoms with Crippen LogP contribution in [0.15, 0.2) is 4.52 Å². The molecule has 2 rings (SSSR count). The van der Waals surface area contributed by atoms with Crippen molar-refractivity contribution in [3.8, 4) is 0 Å². The van der Waals surface area contributed by atoms with E-state index in [1.807, 2.05) is 6.92 Å². The average Bonchev–Trinajstić information content (AvgIpc) is 2.85. The van der Waals surface area contributed by atoms with Gasteiger partial charge in [-0.25, -0.2) is 0 Å². The van der Waals surface area contributed by atoms with Crippen LogP contribution in [-0.4, -0.2) is 45.1 Å². The largest absolute Gasteiger partial charge is 0.481 e. The number of aliphatic carboxylic acids is 1. The number of hydrogen-bond donors (Lipinski definition) is 1. The lowest BCUT2D eigenvalue weighted by Crippen LogP contribution is -2.46. The average molecular weight is 281 g/mol. The lowest BCUT2D eigenvalue weighted by atomic mass is 9.75. The second kappa shape index (κ2) is 5.60. The molecule has 1 fully saturated rings. The highest BCUT2D eigenvalue weighted by atomic mass is 16.5. The highest BCUT2D eigenvalue weighted by molar-refractivity contribution is 5.90. The minimum atomic E-state index is -0.762. The van der Waals surface area contributed by atoms with Crippen LogP contribution in [0.25, 0.3) is 0 Å². The molecule has 1 aromatic rings. The molecule has 20 heavy (non-hydrogen) atoms. The van der Waals surface area contributed by atoms with Crippen molar-refractivity contribution >= 4 is 11.9 Å². The smallest absolute Gasteiger partial charge is 0.309 e. The van der Waals surface area contributed by atoms with Gasteiger partial charge in [-0.3, -0.25) is 9.59 Å². The van der Waals surface area contributed by atoms with E-state index in [1.54, 1.807) is 11.8 Å². The van der Waals surface area contributed by atoms with Gasteiger partial charge in [-0.05, 0) is 19.3 Å². The lowest BCUT2D eigenvalue weighted by molar-refractivity contribution is -0.152. The van der Waals surface area contributed by atoms with Crippen LogP contribution >= 0.6 is 0 Å². The van der Waals surface area contributed by atoms with E-state index in [0.29, 0.717) is 38.2 Å². The van der Waals surface area contributed by atoms with Gasteiger partial charge in [0.05, 0.1) is 5.41 Å². The Labute approximate surface area is 117 Å². The Morgan fingerprint density at radius 2 is 2.05 bits per heavy atom. The second-order valence-electron chi connectivity index (χ2n) is 5.26. The van der Waals surface area contributed by atoms with Gasteiger partial charge in [-0.15, -0.1) is 0 Å². The number of carboxylic acid groups (broad SMARTS) is 1. The number of aryl methyl sites for hydroxylation is 1. The quantitative estimate of drug-likeness (QED) is 0.898. The van der Waals surface area contributed by atoms with Crippen molar-refractivity contribution < 1.29 is 19.2 Å². The van der Waals surface area contributed by atoms with Crippen LogP contribution in [0.1, 0.15) is 49.1 Å². The summed E-state index contributed by atoms with van der Waals surface area (Å²) in [5.41, 5.74) is -0.696. The van der Waals surface area contributed by atoms with Crippen molar-refractivity contribution in [3.05, 3.63) is 11.7 Å². The third-order valence-corrected chi connectivity index (χ3v) is 3.91. The first kappa shape index (κ1) is 14.5. The minimum Gasteiger partial charge on any atom is -0.481 e. The summed E-state index contributed by atoms with van der Waals surface area (Å²) in [5, 5.41) is 13.0. The fraction of sp³-hybridized carbons (Fsp3) is 0.692. The van der Waals surface area contributed by atoms with Gasteiger partial charge in [0, 0.05) is 20.0 Å². The highest BCUT2D eigenvalue weighted by Crippen LogP contribution is 2.36. The van der Waals surface area contributed by atoms with Crippen molar-refractivity contribution in [3.63, 3.8) is 0 Å². The zero-order valence-electron chi connectivity index (χ0n) is 11.8. The summed E-state index contributed by atoms with van der Waals surface area (Å²) in [5.74, 6) is -0.670. The fourth-order valence-corrected chi connectivity index (χ4v) is 2.71. The molecule has 1 saturated heterocycles. The molecule has 7 heteroatoms. The van der Waals surface area contributed by atoms with Crippen LogP contribution in [0.5, 0.6) is 0 Å². The number of carbonyl (C=O) groups excluding carboxylic acids is 1. The molecule has 110 valence electrons. The molecule has 0 unspecified atom stereocenters. The van der Waals surface area contributed by atoms with Gasteiger partial charge in [-0.1, -0.05) is 18.5 Å². The summed E-state index contributed by atoms with van der Waals surface area (Å²) < 4.78 is 4.79. The monoisotopic (exact) mass is 281 g/mol. The zero-order valence-corrected chi connectivity index (χ0v) is 11.8. The Morgan fingerprint density at radius 3 is 2.50 bits per heavy atom. The molecule has 2 heterocycles. The molecule has 0 aliphatic carbocycles. The first-order valence-electron chi connectivity index (χ1n) is 6.81. The van der Waals surface area contributed by atoms with E-state index < -0.39 is 11.4 Å². The number of nitrogens with zero attached hydrogens (tertiary/aromatic N) is 3. The molecule has 1 aliphatic heterocycles. The Morgan fingerprint density at radius 1 is 1.40 bits per heavy atom. The van der Waals surface area contributed by atoms with Gasteiger partial charge >= 0.3 is 5.97 Å². The number of hydrogen-bond acceptors (Lipinski definition) is 5. The summed E-state index contributed by atoms with van der Waals surface area (Å²) in [6.45, 7) is 4.43. The maximum absolute atomic E-state index is 12.1. The Bertz CT molecular complexity index is 503. The number of piperidine rings is 1. The third kappa shape index (κ3) is 2.66. The number of aromatic nitrogens is 2. The molecule has 1 amide bonds. The lowest BCUT2D eigenvalue weighted by Gasteiger charge is -2.38. The normalized spacial score (nSPS) is 18.0. The van der Waals surface area contributed by atoms with Gasteiger partial charge in [-0.2, -0.15) is 4.98 Å². The second-order valence-corrected chi connectivity index (χ2v) is 5.26. The zero-order chi connectivity index (χ0) is 14.8. The number of amides is 1. The molecule has 0 atom stereocenters. The summed E-state index contributed by atoms with van der Waals surface area (Å²) in [4.78, 5) is 29.1. The van der Waals surface area contributed by atoms with Crippen molar-refractivity contribution in [1.29, 1.82) is 0 Å². The molecular formula is C13H19N3O4. The van der Waals surface area contributed by atoms with Gasteiger partial charge < -0.3 is 14.5 Å². The third-order valence-electron chi connectivity index (χ3n) is 3.91. The van der Waals surface area contributed by atoms with Gasteiger partial charge in [0.25, 0.3) is 11.7 Å². The van der Waals surface area contributed by atoms with E-state index in [1.165, 1.54) is 0 Å². The first-order chi connectivity index (χ1) is 9.48. The predicted molar refractivity (Wildman–Crippen MR) is 69.1 cm³/mol. The number of rotatable bonds is 4. The van der Waals surface area contributed by atoms with Gasteiger partial charge in [0.15, 0.2) is 0 Å². The standard InChI is InChI=1S/C13H19N3O4/c1-3-4-13(12(18)19)5-7-16(8-6-13)11(17)10-14-9(2)20-15-10/h3-8H2,1-2H3,(H,18,19). The maximum atomic E-state index is 12.1. The van der Waals surface area contributed by atoms with Crippen LogP contribution in [0, 0.1) is 12.3 Å². The molecule has 7 nitrogen and oxygen atoms in total. The van der Waals surface area contributed by atoms with E-state index in [0.717, 1.165) is 6.42 Å². The van der Waals surface area contributed by atoms with Gasteiger partial charge in [0.2, 0.25) is 5.89 Å². The molecule has 1 N–H and O–H groups in total. The molecule has 1 aliphatic rings. The van der Waals surface area contributed by atoms with Crippen LogP contribution in [0.4, 0.5) is 0 Å². The Kier molecular flexibility index (Phi) is 4.06. The molecule has 0 bridgehead atoms. The van der Waals surface area contributed by atoms with Crippen molar-refractivity contribution in [2.75, 3.05) is 13.1 Å². The number of carboxylic acids is 1. The van der Waals surface area contributed by atoms with Crippen molar-refractivity contribution in [1.82, 2.24) is 15.0 Å². The topological polar surface area (TPSA) is 96.5 Å². The van der Waals surface area contributed by atoms with Crippen LogP contribution in [0.3, 0.4) is 0 Å². The SMILES string of the molecule is CCCC1(C(=O)O)CCN(C(=O)c2noc(C)n2)CC1. The number of carbonyl (C=O) groups is 2. The predicted octanol–water partition coefficient (Wildman–Crippen LogP) is 1.49. The molecule has 0 aromatic carbocycles. The highest BCUT2D eigenvalue weighted by Gasteiger charge is 2.42. The Hall–Kier alpha value is -1.92.